The standard InChI is InChI=1S/C29H38N2O9S/c1-3-4-5-6-7-8-9-10-19-11-12-20(27-30-13-14-41-27)23(15-19)39-29(28(37)38)16-21(34)24(31-18(2)33)26(40-29)25(36)22(35)17-32/h11-15,21-22,24-26,32,34-36H,3-8,16-17H2,1-2H3,(H,31,33)(H,37,38)/t21-,22+,24+,25+,26-,29?/m0/s1. The van der Waals surface area contributed by atoms with Crippen LogP contribution < -0.4 is 10.1 Å². The molecule has 1 aromatic heterocycles. The molecule has 0 bridgehead atoms. The number of rotatable bonds is 13. The Morgan fingerprint density at radius 3 is 2.66 bits per heavy atom. The minimum Gasteiger partial charge on any atom is -0.476 e. The summed E-state index contributed by atoms with van der Waals surface area (Å²) in [5.74, 6) is 1.56. The van der Waals surface area contributed by atoms with E-state index in [1.807, 2.05) is 0 Å². The molecule has 1 amide bonds. The van der Waals surface area contributed by atoms with Crippen LogP contribution in [0.4, 0.5) is 0 Å². The number of aliphatic carboxylic acids is 1. The summed E-state index contributed by atoms with van der Waals surface area (Å²) in [6.45, 7) is 2.45. The Hall–Kier alpha value is -3.05. The first-order valence-corrected chi connectivity index (χ1v) is 14.5. The fourth-order valence-corrected chi connectivity index (χ4v) is 5.28. The predicted octanol–water partition coefficient (Wildman–Crippen LogP) is 2.05. The molecule has 0 radical (unpaired) electrons. The Labute approximate surface area is 243 Å². The van der Waals surface area contributed by atoms with Gasteiger partial charge in [0.15, 0.2) is 0 Å². The van der Waals surface area contributed by atoms with Crippen LogP contribution in [-0.2, 0) is 14.3 Å². The number of aliphatic hydroxyl groups is 4. The number of aromatic nitrogens is 1. The molecule has 1 aliphatic rings. The minimum absolute atomic E-state index is 0.0678. The van der Waals surface area contributed by atoms with E-state index in [9.17, 15) is 35.1 Å². The highest BCUT2D eigenvalue weighted by Crippen LogP contribution is 2.39. The molecule has 6 N–H and O–H groups in total. The number of carboxylic acid groups (broad SMARTS) is 1. The summed E-state index contributed by atoms with van der Waals surface area (Å²) in [6.07, 6.45) is 0.412. The maximum absolute atomic E-state index is 12.7. The zero-order valence-electron chi connectivity index (χ0n) is 23.2. The first-order valence-electron chi connectivity index (χ1n) is 13.7. The molecule has 0 aliphatic carbocycles. The van der Waals surface area contributed by atoms with E-state index in [1.54, 1.807) is 29.8 Å². The van der Waals surface area contributed by atoms with Gasteiger partial charge in [-0.1, -0.05) is 44.4 Å². The molecule has 1 aromatic carbocycles. The van der Waals surface area contributed by atoms with Gasteiger partial charge in [0.05, 0.1) is 30.7 Å². The number of amides is 1. The first-order chi connectivity index (χ1) is 19.6. The normalized spacial score (nSPS) is 23.6. The smallest absolute Gasteiger partial charge is 0.377 e. The van der Waals surface area contributed by atoms with Crippen LogP contribution >= 0.6 is 11.3 Å². The largest absolute Gasteiger partial charge is 0.476 e. The van der Waals surface area contributed by atoms with Crippen LogP contribution in [0.2, 0.25) is 0 Å². The number of benzene rings is 1. The van der Waals surface area contributed by atoms with Crippen molar-refractivity contribution in [3.63, 3.8) is 0 Å². The molecule has 6 atom stereocenters. The number of hydrogen-bond acceptors (Lipinski definition) is 10. The molecule has 3 rings (SSSR count). The van der Waals surface area contributed by atoms with Gasteiger partial charge < -0.3 is 40.3 Å². The maximum Gasteiger partial charge on any atom is 0.377 e. The number of carbonyl (C=O) groups excluding carboxylic acids is 1. The number of nitrogens with zero attached hydrogens (tertiary/aromatic N) is 1. The molecular formula is C29H38N2O9S. The fraction of sp³-hybridized carbons (Fsp3) is 0.552. The third-order valence-corrected chi connectivity index (χ3v) is 7.55. The second kappa shape index (κ2) is 15.3. The molecule has 0 spiro atoms. The summed E-state index contributed by atoms with van der Waals surface area (Å²) in [4.78, 5) is 28.8. The summed E-state index contributed by atoms with van der Waals surface area (Å²) >= 11 is 1.30. The Bertz CT molecular complexity index is 1210. The molecule has 12 heteroatoms. The highest BCUT2D eigenvalue weighted by Gasteiger charge is 2.57. The van der Waals surface area contributed by atoms with Gasteiger partial charge >= 0.3 is 11.8 Å². The number of aliphatic hydroxyl groups excluding tert-OH is 4. The van der Waals surface area contributed by atoms with Crippen molar-refractivity contribution < 1.29 is 44.6 Å². The highest BCUT2D eigenvalue weighted by atomic mass is 32.1. The number of carbonyl (C=O) groups is 2. The van der Waals surface area contributed by atoms with Crippen molar-refractivity contribution in [1.29, 1.82) is 0 Å². The van der Waals surface area contributed by atoms with E-state index in [0.29, 0.717) is 22.6 Å². The van der Waals surface area contributed by atoms with Gasteiger partial charge in [-0.3, -0.25) is 4.79 Å². The number of unbranched alkanes of at least 4 members (excludes halogenated alkanes) is 5. The van der Waals surface area contributed by atoms with Crippen LogP contribution in [0, 0.1) is 11.8 Å². The average Bonchev–Trinajstić information content (AvgIpc) is 3.47. The van der Waals surface area contributed by atoms with Crippen LogP contribution in [-0.4, -0.2) is 85.2 Å². The van der Waals surface area contributed by atoms with Crippen molar-refractivity contribution in [3.05, 3.63) is 35.3 Å². The molecule has 2 aromatic rings. The summed E-state index contributed by atoms with van der Waals surface area (Å²) in [5.41, 5.74) is 1.02. The molecule has 1 unspecified atom stereocenters. The summed E-state index contributed by atoms with van der Waals surface area (Å²) in [7, 11) is 0. The van der Waals surface area contributed by atoms with E-state index < -0.39 is 61.1 Å². The van der Waals surface area contributed by atoms with Gasteiger partial charge in [-0.05, 0) is 24.6 Å². The van der Waals surface area contributed by atoms with Crippen LogP contribution in [0.1, 0.15) is 64.4 Å². The van der Waals surface area contributed by atoms with Gasteiger partial charge in [-0.2, -0.15) is 0 Å². The quantitative estimate of drug-likeness (QED) is 0.149. The molecule has 1 fully saturated rings. The molecule has 2 heterocycles. The second-order valence-corrected chi connectivity index (χ2v) is 10.9. The molecular weight excluding hydrogens is 552 g/mol. The number of ether oxygens (including phenoxy) is 2. The van der Waals surface area contributed by atoms with E-state index >= 15 is 0 Å². The zero-order chi connectivity index (χ0) is 30.0. The summed E-state index contributed by atoms with van der Waals surface area (Å²) < 4.78 is 11.8. The van der Waals surface area contributed by atoms with E-state index in [4.69, 9.17) is 9.47 Å². The lowest BCUT2D eigenvalue weighted by molar-refractivity contribution is -0.284. The monoisotopic (exact) mass is 590 g/mol. The van der Waals surface area contributed by atoms with Crippen LogP contribution in [0.5, 0.6) is 5.75 Å². The number of carboxylic acids is 1. The molecule has 41 heavy (non-hydrogen) atoms. The Balaban J connectivity index is 1.97. The number of nitrogens with one attached hydrogen (secondary N) is 1. The van der Waals surface area contributed by atoms with Crippen LogP contribution in [0.15, 0.2) is 29.8 Å². The Morgan fingerprint density at radius 1 is 1.27 bits per heavy atom. The zero-order valence-corrected chi connectivity index (χ0v) is 24.0. The van der Waals surface area contributed by atoms with Gasteiger partial charge in [-0.25, -0.2) is 9.78 Å². The Morgan fingerprint density at radius 2 is 2.02 bits per heavy atom. The van der Waals surface area contributed by atoms with Gasteiger partial charge in [-0.15, -0.1) is 11.3 Å². The van der Waals surface area contributed by atoms with Crippen molar-refractivity contribution in [3.8, 4) is 28.2 Å². The van der Waals surface area contributed by atoms with Crippen molar-refractivity contribution >= 4 is 23.2 Å². The van der Waals surface area contributed by atoms with Gasteiger partial charge in [0.25, 0.3) is 0 Å². The Kier molecular flexibility index (Phi) is 12.1. The lowest BCUT2D eigenvalue weighted by Crippen LogP contribution is -2.68. The SMILES string of the molecule is CCCCCCCC#Cc1ccc(-c2nccs2)c(OC2(C(=O)O)C[C@H](O)[C@@H](NC(C)=O)[C@@H]([C@H](O)[C@H](O)CO)O2)c1. The van der Waals surface area contributed by atoms with Crippen LogP contribution in [0.3, 0.4) is 0 Å². The van der Waals surface area contributed by atoms with Gasteiger partial charge in [0.2, 0.25) is 5.91 Å². The fourth-order valence-electron chi connectivity index (χ4n) is 4.61. The summed E-state index contributed by atoms with van der Waals surface area (Å²) in [5, 5.41) is 56.1. The van der Waals surface area contributed by atoms with Crippen molar-refractivity contribution in [2.45, 2.75) is 95.0 Å². The van der Waals surface area contributed by atoms with Crippen LogP contribution in [0.25, 0.3) is 10.6 Å². The molecule has 1 aliphatic heterocycles. The maximum atomic E-state index is 12.7. The van der Waals surface area contributed by atoms with E-state index in [-0.39, 0.29) is 5.75 Å². The van der Waals surface area contributed by atoms with E-state index in [0.717, 1.165) is 25.7 Å². The number of hydrogen-bond donors (Lipinski definition) is 6. The second-order valence-electron chi connectivity index (χ2n) is 10.00. The minimum atomic E-state index is -2.54. The van der Waals surface area contributed by atoms with E-state index in [1.165, 1.54) is 24.7 Å². The lowest BCUT2D eigenvalue weighted by atomic mass is 9.88. The van der Waals surface area contributed by atoms with Crippen molar-refractivity contribution in [2.24, 2.45) is 0 Å². The van der Waals surface area contributed by atoms with Gasteiger partial charge in [0, 0.05) is 30.5 Å². The van der Waals surface area contributed by atoms with Crippen molar-refractivity contribution in [2.75, 3.05) is 6.61 Å². The van der Waals surface area contributed by atoms with E-state index in [2.05, 4.69) is 29.1 Å². The average molecular weight is 591 g/mol. The molecule has 224 valence electrons. The highest BCUT2D eigenvalue weighted by molar-refractivity contribution is 7.13. The predicted molar refractivity (Wildman–Crippen MR) is 151 cm³/mol. The molecule has 0 saturated carbocycles. The third-order valence-electron chi connectivity index (χ3n) is 6.74. The lowest BCUT2D eigenvalue weighted by Gasteiger charge is -2.46. The molecule has 11 nitrogen and oxygen atoms in total. The first kappa shape index (κ1) is 32.5. The topological polar surface area (TPSA) is 179 Å². The van der Waals surface area contributed by atoms with Crippen molar-refractivity contribution in [1.82, 2.24) is 10.3 Å². The number of thiazole rings is 1. The summed E-state index contributed by atoms with van der Waals surface area (Å²) in [6, 6.07) is 3.74. The third kappa shape index (κ3) is 8.48. The molecule has 1 saturated heterocycles. The van der Waals surface area contributed by atoms with Gasteiger partial charge in [0.1, 0.15) is 29.1 Å².